The van der Waals surface area contributed by atoms with Crippen LogP contribution in [0.5, 0.6) is 0 Å². The fourth-order valence-corrected chi connectivity index (χ4v) is 2.56. The van der Waals surface area contributed by atoms with E-state index >= 15 is 0 Å². The quantitative estimate of drug-likeness (QED) is 0.837. The highest BCUT2D eigenvalue weighted by Crippen LogP contribution is 2.22. The second-order valence-electron chi connectivity index (χ2n) is 5.46. The van der Waals surface area contributed by atoms with Crippen molar-refractivity contribution in [2.45, 2.75) is 39.2 Å². The number of benzene rings is 1. The van der Waals surface area contributed by atoms with E-state index in [1.807, 2.05) is 39.0 Å². The fraction of sp³-hybridized carbons (Fsp3) is 0.438. The summed E-state index contributed by atoms with van der Waals surface area (Å²) in [5, 5.41) is 3.97. The largest absolute Gasteiger partial charge is 0.451 e. The van der Waals surface area contributed by atoms with E-state index in [9.17, 15) is 4.79 Å². The van der Waals surface area contributed by atoms with E-state index in [1.165, 1.54) is 0 Å². The van der Waals surface area contributed by atoms with Crippen LogP contribution in [0.2, 0.25) is 0 Å². The zero-order valence-corrected chi connectivity index (χ0v) is 12.9. The molecule has 1 amide bonds. The first-order valence-electron chi connectivity index (χ1n) is 6.86. The number of alkyl halides is 1. The van der Waals surface area contributed by atoms with Gasteiger partial charge in [0.15, 0.2) is 5.76 Å². The third-order valence-electron chi connectivity index (χ3n) is 3.74. The second-order valence-corrected chi connectivity index (χ2v) is 5.84. The minimum absolute atomic E-state index is 0.187. The SMILES string of the molecule is CCC(C)(CCCl)NC(=O)c1cc2cc(C)ccc2o1. The Bertz CT molecular complexity index is 620. The van der Waals surface area contributed by atoms with Crippen LogP contribution in [0.25, 0.3) is 11.0 Å². The van der Waals surface area contributed by atoms with Crippen LogP contribution in [0.4, 0.5) is 0 Å². The van der Waals surface area contributed by atoms with E-state index in [0.29, 0.717) is 11.6 Å². The van der Waals surface area contributed by atoms with Crippen molar-refractivity contribution < 1.29 is 9.21 Å². The lowest BCUT2D eigenvalue weighted by molar-refractivity contribution is 0.0875. The Labute approximate surface area is 124 Å². The number of carbonyl (C=O) groups excluding carboxylic acids is 1. The molecule has 2 aromatic rings. The summed E-state index contributed by atoms with van der Waals surface area (Å²) >= 11 is 5.80. The summed E-state index contributed by atoms with van der Waals surface area (Å²) < 4.78 is 5.61. The lowest BCUT2D eigenvalue weighted by Gasteiger charge is -2.28. The highest BCUT2D eigenvalue weighted by molar-refractivity contribution is 6.17. The van der Waals surface area contributed by atoms with Crippen LogP contribution in [0.15, 0.2) is 28.7 Å². The van der Waals surface area contributed by atoms with Crippen LogP contribution in [0, 0.1) is 6.92 Å². The minimum Gasteiger partial charge on any atom is -0.451 e. The molecule has 108 valence electrons. The Balaban J connectivity index is 2.22. The second kappa shape index (κ2) is 5.88. The molecule has 0 spiro atoms. The Morgan fingerprint density at radius 1 is 1.40 bits per heavy atom. The van der Waals surface area contributed by atoms with Crippen LogP contribution in [-0.4, -0.2) is 17.3 Å². The third-order valence-corrected chi connectivity index (χ3v) is 3.93. The maximum absolute atomic E-state index is 12.3. The van der Waals surface area contributed by atoms with E-state index in [2.05, 4.69) is 5.32 Å². The van der Waals surface area contributed by atoms with Gasteiger partial charge >= 0.3 is 0 Å². The molecule has 0 aliphatic carbocycles. The number of aryl methyl sites for hydroxylation is 1. The van der Waals surface area contributed by atoms with Crippen LogP contribution in [0.3, 0.4) is 0 Å². The number of hydrogen-bond acceptors (Lipinski definition) is 2. The first kappa shape index (κ1) is 14.9. The van der Waals surface area contributed by atoms with Crippen molar-refractivity contribution >= 4 is 28.5 Å². The molecule has 1 heterocycles. The van der Waals surface area contributed by atoms with Gasteiger partial charge in [0.25, 0.3) is 5.91 Å². The highest BCUT2D eigenvalue weighted by atomic mass is 35.5. The summed E-state index contributed by atoms with van der Waals surface area (Å²) in [6.07, 6.45) is 1.56. The number of halogens is 1. The maximum Gasteiger partial charge on any atom is 0.287 e. The molecule has 0 saturated carbocycles. The van der Waals surface area contributed by atoms with Gasteiger partial charge in [-0.2, -0.15) is 0 Å². The number of amides is 1. The first-order chi connectivity index (χ1) is 9.47. The van der Waals surface area contributed by atoms with Gasteiger partial charge in [0, 0.05) is 16.8 Å². The highest BCUT2D eigenvalue weighted by Gasteiger charge is 2.25. The Morgan fingerprint density at radius 2 is 2.15 bits per heavy atom. The van der Waals surface area contributed by atoms with Crippen molar-refractivity contribution in [2.24, 2.45) is 0 Å². The smallest absolute Gasteiger partial charge is 0.287 e. The van der Waals surface area contributed by atoms with Crippen LogP contribution in [0.1, 0.15) is 42.8 Å². The number of carbonyl (C=O) groups is 1. The van der Waals surface area contributed by atoms with Crippen molar-refractivity contribution in [3.63, 3.8) is 0 Å². The van der Waals surface area contributed by atoms with E-state index in [-0.39, 0.29) is 11.4 Å². The lowest BCUT2D eigenvalue weighted by Crippen LogP contribution is -2.45. The van der Waals surface area contributed by atoms with Gasteiger partial charge in [-0.1, -0.05) is 18.6 Å². The van der Waals surface area contributed by atoms with Crippen molar-refractivity contribution in [1.82, 2.24) is 5.32 Å². The van der Waals surface area contributed by atoms with Gasteiger partial charge in [0.2, 0.25) is 0 Å². The molecule has 20 heavy (non-hydrogen) atoms. The van der Waals surface area contributed by atoms with E-state index in [4.69, 9.17) is 16.0 Å². The molecule has 0 aliphatic heterocycles. The molecular formula is C16H20ClNO2. The monoisotopic (exact) mass is 293 g/mol. The fourth-order valence-electron chi connectivity index (χ4n) is 2.15. The zero-order chi connectivity index (χ0) is 14.8. The Morgan fingerprint density at radius 3 is 2.80 bits per heavy atom. The van der Waals surface area contributed by atoms with Crippen LogP contribution in [-0.2, 0) is 0 Å². The summed E-state index contributed by atoms with van der Waals surface area (Å²) in [6, 6.07) is 7.65. The molecule has 0 fully saturated rings. The summed E-state index contributed by atoms with van der Waals surface area (Å²) in [7, 11) is 0. The summed E-state index contributed by atoms with van der Waals surface area (Å²) in [5.74, 6) is 0.678. The molecule has 1 N–H and O–H groups in total. The summed E-state index contributed by atoms with van der Waals surface area (Å²) in [6.45, 7) is 6.05. The van der Waals surface area contributed by atoms with Crippen molar-refractivity contribution in [3.8, 4) is 0 Å². The molecule has 1 aromatic heterocycles. The van der Waals surface area contributed by atoms with E-state index in [0.717, 1.165) is 29.4 Å². The number of hydrogen-bond donors (Lipinski definition) is 1. The summed E-state index contributed by atoms with van der Waals surface area (Å²) in [5.41, 5.74) is 1.58. The predicted molar refractivity (Wildman–Crippen MR) is 82.5 cm³/mol. The lowest BCUT2D eigenvalue weighted by atomic mass is 9.95. The molecule has 1 atom stereocenters. The van der Waals surface area contributed by atoms with Crippen LogP contribution >= 0.6 is 11.6 Å². The van der Waals surface area contributed by atoms with Gasteiger partial charge < -0.3 is 9.73 Å². The predicted octanol–water partition coefficient (Wildman–Crippen LogP) is 4.27. The van der Waals surface area contributed by atoms with Gasteiger partial charge in [-0.25, -0.2) is 0 Å². The number of rotatable bonds is 5. The molecule has 1 unspecified atom stereocenters. The van der Waals surface area contributed by atoms with E-state index < -0.39 is 0 Å². The number of nitrogens with one attached hydrogen (secondary N) is 1. The first-order valence-corrected chi connectivity index (χ1v) is 7.39. The molecule has 0 aliphatic rings. The molecule has 0 bridgehead atoms. The van der Waals surface area contributed by atoms with Gasteiger partial charge in [0.1, 0.15) is 5.58 Å². The van der Waals surface area contributed by atoms with Gasteiger partial charge in [-0.05, 0) is 44.9 Å². The normalized spacial score (nSPS) is 14.2. The third kappa shape index (κ3) is 3.15. The molecule has 0 saturated heterocycles. The van der Waals surface area contributed by atoms with E-state index in [1.54, 1.807) is 6.07 Å². The average molecular weight is 294 g/mol. The minimum atomic E-state index is -0.298. The van der Waals surface area contributed by atoms with Gasteiger partial charge in [-0.3, -0.25) is 4.79 Å². The molecule has 4 heteroatoms. The van der Waals surface area contributed by atoms with Crippen molar-refractivity contribution in [3.05, 3.63) is 35.6 Å². The molecule has 2 rings (SSSR count). The molecule has 3 nitrogen and oxygen atoms in total. The van der Waals surface area contributed by atoms with Crippen molar-refractivity contribution in [2.75, 3.05) is 5.88 Å². The van der Waals surface area contributed by atoms with Gasteiger partial charge in [-0.15, -0.1) is 11.6 Å². The standard InChI is InChI=1S/C16H20ClNO2/c1-4-16(3,7-8-17)18-15(19)14-10-12-9-11(2)5-6-13(12)20-14/h5-6,9-10H,4,7-8H2,1-3H3,(H,18,19). The number of fused-ring (bicyclic) bond motifs is 1. The molecule has 0 radical (unpaired) electrons. The van der Waals surface area contributed by atoms with Crippen molar-refractivity contribution in [1.29, 1.82) is 0 Å². The summed E-state index contributed by atoms with van der Waals surface area (Å²) in [4.78, 5) is 12.3. The zero-order valence-electron chi connectivity index (χ0n) is 12.1. The van der Waals surface area contributed by atoms with Gasteiger partial charge in [0.05, 0.1) is 0 Å². The maximum atomic E-state index is 12.3. The topological polar surface area (TPSA) is 42.2 Å². The number of furan rings is 1. The van der Waals surface area contributed by atoms with Crippen LogP contribution < -0.4 is 5.32 Å². The molecular weight excluding hydrogens is 274 g/mol. The Hall–Kier alpha value is -1.48. The Kier molecular flexibility index (Phi) is 4.39. The molecule has 1 aromatic carbocycles. The average Bonchev–Trinajstić information content (AvgIpc) is 2.82.